The molecule has 0 aliphatic carbocycles. The largest absolute Gasteiger partial charge is 0.449 e. The van der Waals surface area contributed by atoms with Crippen molar-refractivity contribution in [2.75, 3.05) is 5.32 Å². The number of fused-ring (bicyclic) bond motifs is 1. The number of hydrogen-bond acceptors (Lipinski definition) is 3. The van der Waals surface area contributed by atoms with E-state index in [2.05, 4.69) is 5.32 Å². The highest BCUT2D eigenvalue weighted by Crippen LogP contribution is 2.31. The van der Waals surface area contributed by atoms with Gasteiger partial charge in [0.05, 0.1) is 5.69 Å². The zero-order valence-corrected chi connectivity index (χ0v) is 13.5. The predicted molar refractivity (Wildman–Crippen MR) is 92.8 cm³/mol. The predicted octanol–water partition coefficient (Wildman–Crippen LogP) is 4.19. The molecule has 5 heteroatoms. The molecule has 0 spiro atoms. The number of primary amides is 1. The Morgan fingerprint density at radius 1 is 1.17 bits per heavy atom. The fourth-order valence-corrected chi connectivity index (χ4v) is 2.68. The quantitative estimate of drug-likeness (QED) is 0.690. The minimum Gasteiger partial charge on any atom is -0.449 e. The van der Waals surface area contributed by atoms with Crippen LogP contribution in [0.5, 0.6) is 0 Å². The molecule has 0 radical (unpaired) electrons. The van der Waals surface area contributed by atoms with Crippen LogP contribution >= 0.6 is 11.6 Å². The standard InChI is InChI=1S/C18H17ClN2O2/c1-11-2-7-15-14(8-11)16(17(23-15)18(20)22)21-10-13-5-3-12(9-19)4-6-13/h2-8,21H,9-10H2,1H3,(H2,20,22). The van der Waals surface area contributed by atoms with Gasteiger partial charge < -0.3 is 15.5 Å². The molecule has 0 saturated carbocycles. The van der Waals surface area contributed by atoms with Crippen molar-refractivity contribution in [3.63, 3.8) is 0 Å². The van der Waals surface area contributed by atoms with E-state index in [-0.39, 0.29) is 5.76 Å². The van der Waals surface area contributed by atoms with Crippen molar-refractivity contribution in [1.82, 2.24) is 0 Å². The maximum Gasteiger partial charge on any atom is 0.286 e. The number of halogens is 1. The number of alkyl halides is 1. The van der Waals surface area contributed by atoms with Crippen molar-refractivity contribution in [2.45, 2.75) is 19.3 Å². The molecule has 0 aliphatic rings. The smallest absolute Gasteiger partial charge is 0.286 e. The maximum atomic E-state index is 11.6. The third kappa shape index (κ3) is 3.17. The van der Waals surface area contributed by atoms with E-state index >= 15 is 0 Å². The molecule has 0 unspecified atom stereocenters. The van der Waals surface area contributed by atoms with E-state index in [4.69, 9.17) is 21.8 Å². The summed E-state index contributed by atoms with van der Waals surface area (Å²) < 4.78 is 5.59. The van der Waals surface area contributed by atoms with Crippen LogP contribution in [-0.4, -0.2) is 5.91 Å². The van der Waals surface area contributed by atoms with Gasteiger partial charge in [0.2, 0.25) is 5.76 Å². The second-order valence-electron chi connectivity index (χ2n) is 5.47. The first-order valence-corrected chi connectivity index (χ1v) is 7.82. The lowest BCUT2D eigenvalue weighted by molar-refractivity contribution is 0.0977. The lowest BCUT2D eigenvalue weighted by Crippen LogP contribution is -2.12. The first-order valence-electron chi connectivity index (χ1n) is 7.29. The van der Waals surface area contributed by atoms with Crippen molar-refractivity contribution in [2.24, 2.45) is 5.73 Å². The Balaban J connectivity index is 1.92. The number of nitrogens with one attached hydrogen (secondary N) is 1. The highest BCUT2D eigenvalue weighted by Gasteiger charge is 2.18. The van der Waals surface area contributed by atoms with E-state index in [0.717, 1.165) is 22.1 Å². The molecular weight excluding hydrogens is 312 g/mol. The Morgan fingerprint density at radius 2 is 1.87 bits per heavy atom. The Labute approximate surface area is 139 Å². The highest BCUT2D eigenvalue weighted by molar-refractivity contribution is 6.17. The number of nitrogens with two attached hydrogens (primary N) is 1. The number of aryl methyl sites for hydroxylation is 1. The Morgan fingerprint density at radius 3 is 2.52 bits per heavy atom. The Hall–Kier alpha value is -2.46. The molecule has 0 fully saturated rings. The van der Waals surface area contributed by atoms with E-state index in [0.29, 0.717) is 23.7 Å². The molecule has 1 aromatic heterocycles. The van der Waals surface area contributed by atoms with Gasteiger partial charge in [-0.25, -0.2) is 0 Å². The molecule has 3 aromatic rings. The van der Waals surface area contributed by atoms with Gasteiger partial charge in [-0.05, 0) is 30.2 Å². The van der Waals surface area contributed by atoms with Crippen LogP contribution in [0, 0.1) is 6.92 Å². The average molecular weight is 329 g/mol. The first kappa shape index (κ1) is 15.4. The van der Waals surface area contributed by atoms with E-state index in [1.807, 2.05) is 49.4 Å². The number of anilines is 1. The minimum atomic E-state index is -0.584. The summed E-state index contributed by atoms with van der Waals surface area (Å²) >= 11 is 5.79. The van der Waals surface area contributed by atoms with Gasteiger partial charge in [0.15, 0.2) is 0 Å². The van der Waals surface area contributed by atoms with E-state index in [1.165, 1.54) is 0 Å². The molecule has 0 bridgehead atoms. The third-order valence-corrected chi connectivity index (χ3v) is 4.02. The number of benzene rings is 2. The fraction of sp³-hybridized carbons (Fsp3) is 0.167. The van der Waals surface area contributed by atoms with Crippen molar-refractivity contribution in [1.29, 1.82) is 0 Å². The molecule has 3 rings (SSSR count). The van der Waals surface area contributed by atoms with Gasteiger partial charge in [-0.3, -0.25) is 4.79 Å². The van der Waals surface area contributed by atoms with Crippen molar-refractivity contribution < 1.29 is 9.21 Å². The lowest BCUT2D eigenvalue weighted by atomic mass is 10.1. The summed E-state index contributed by atoms with van der Waals surface area (Å²) in [5, 5.41) is 4.13. The van der Waals surface area contributed by atoms with Crippen LogP contribution < -0.4 is 11.1 Å². The summed E-state index contributed by atoms with van der Waals surface area (Å²) in [5.41, 5.74) is 9.95. The SMILES string of the molecule is Cc1ccc2oc(C(N)=O)c(NCc3ccc(CCl)cc3)c2c1. The Kier molecular flexibility index (Phi) is 4.26. The summed E-state index contributed by atoms with van der Waals surface area (Å²) in [5.74, 6) is 0.0624. The van der Waals surface area contributed by atoms with Crippen LogP contribution in [0.3, 0.4) is 0 Å². The zero-order valence-electron chi connectivity index (χ0n) is 12.7. The van der Waals surface area contributed by atoms with E-state index in [1.54, 1.807) is 0 Å². The zero-order chi connectivity index (χ0) is 16.4. The summed E-state index contributed by atoms with van der Waals surface area (Å²) in [4.78, 5) is 11.6. The molecule has 1 amide bonds. The topological polar surface area (TPSA) is 68.3 Å². The molecular formula is C18H17ClN2O2. The van der Waals surface area contributed by atoms with Gasteiger partial charge in [-0.2, -0.15) is 0 Å². The molecule has 3 N–H and O–H groups in total. The summed E-state index contributed by atoms with van der Waals surface area (Å²) in [6, 6.07) is 13.7. The van der Waals surface area contributed by atoms with Gasteiger partial charge in [0.1, 0.15) is 5.58 Å². The second kappa shape index (κ2) is 6.34. The van der Waals surface area contributed by atoms with Crippen molar-refractivity contribution >= 4 is 34.2 Å². The number of carbonyl (C=O) groups excluding carboxylic acids is 1. The maximum absolute atomic E-state index is 11.6. The van der Waals surface area contributed by atoms with Gasteiger partial charge in [-0.15, -0.1) is 11.6 Å². The van der Waals surface area contributed by atoms with Crippen LogP contribution in [0.4, 0.5) is 5.69 Å². The van der Waals surface area contributed by atoms with Gasteiger partial charge >= 0.3 is 0 Å². The number of carbonyl (C=O) groups is 1. The van der Waals surface area contributed by atoms with Crippen LogP contribution in [0.1, 0.15) is 27.2 Å². The molecule has 4 nitrogen and oxygen atoms in total. The molecule has 2 aromatic carbocycles. The highest BCUT2D eigenvalue weighted by atomic mass is 35.5. The van der Waals surface area contributed by atoms with Gasteiger partial charge in [0.25, 0.3) is 5.91 Å². The number of rotatable bonds is 5. The van der Waals surface area contributed by atoms with Crippen LogP contribution in [0.25, 0.3) is 11.0 Å². The van der Waals surface area contributed by atoms with E-state index < -0.39 is 5.91 Å². The second-order valence-corrected chi connectivity index (χ2v) is 5.74. The number of furan rings is 1. The Bertz CT molecular complexity index is 853. The monoisotopic (exact) mass is 328 g/mol. The molecule has 0 aliphatic heterocycles. The van der Waals surface area contributed by atoms with Crippen LogP contribution in [0.15, 0.2) is 46.9 Å². The molecule has 1 heterocycles. The van der Waals surface area contributed by atoms with Crippen molar-refractivity contribution in [3.8, 4) is 0 Å². The molecule has 118 valence electrons. The first-order chi connectivity index (χ1) is 11.1. The van der Waals surface area contributed by atoms with E-state index in [9.17, 15) is 4.79 Å². The number of hydrogen-bond donors (Lipinski definition) is 2. The van der Waals surface area contributed by atoms with Crippen LogP contribution in [-0.2, 0) is 12.4 Å². The molecule has 23 heavy (non-hydrogen) atoms. The summed E-state index contributed by atoms with van der Waals surface area (Å²) in [6.07, 6.45) is 0. The molecule has 0 atom stereocenters. The third-order valence-electron chi connectivity index (χ3n) is 3.71. The number of amides is 1. The molecule has 0 saturated heterocycles. The van der Waals surface area contributed by atoms with Crippen molar-refractivity contribution in [3.05, 3.63) is 64.9 Å². The average Bonchev–Trinajstić information content (AvgIpc) is 2.91. The summed E-state index contributed by atoms with van der Waals surface area (Å²) in [6.45, 7) is 2.55. The lowest BCUT2D eigenvalue weighted by Gasteiger charge is -2.07. The van der Waals surface area contributed by atoms with Gasteiger partial charge in [-0.1, -0.05) is 35.9 Å². The summed E-state index contributed by atoms with van der Waals surface area (Å²) in [7, 11) is 0. The minimum absolute atomic E-state index is 0.156. The fourth-order valence-electron chi connectivity index (χ4n) is 2.50. The normalized spacial score (nSPS) is 10.9. The van der Waals surface area contributed by atoms with Crippen LogP contribution in [0.2, 0.25) is 0 Å². The van der Waals surface area contributed by atoms with Gasteiger partial charge in [0, 0.05) is 17.8 Å².